The molecule has 1 saturated heterocycles. The molecule has 1 fully saturated rings. The lowest BCUT2D eigenvalue weighted by atomic mass is 10.1. The molecule has 0 radical (unpaired) electrons. The van der Waals surface area contributed by atoms with E-state index < -0.39 is 17.6 Å². The van der Waals surface area contributed by atoms with Gasteiger partial charge in [0.1, 0.15) is 5.75 Å². The van der Waals surface area contributed by atoms with Crippen LogP contribution < -0.4 is 20.3 Å². The second kappa shape index (κ2) is 9.13. The first-order valence-electron chi connectivity index (χ1n) is 9.08. The van der Waals surface area contributed by atoms with Crippen molar-refractivity contribution in [3.63, 3.8) is 0 Å². The maximum atomic E-state index is 13.1. The molecule has 1 aliphatic rings. The lowest BCUT2D eigenvalue weighted by molar-refractivity contribution is -0.137. The van der Waals surface area contributed by atoms with Crippen LogP contribution in [0.2, 0.25) is 0 Å². The van der Waals surface area contributed by atoms with Crippen molar-refractivity contribution in [2.45, 2.75) is 19.0 Å². The van der Waals surface area contributed by atoms with Crippen molar-refractivity contribution < 1.29 is 22.7 Å². The molecule has 29 heavy (non-hydrogen) atoms. The molecular formula is C20H20F3N3O2S. The molecule has 2 aromatic carbocycles. The zero-order valence-corrected chi connectivity index (χ0v) is 16.3. The van der Waals surface area contributed by atoms with Gasteiger partial charge in [-0.1, -0.05) is 18.2 Å². The first-order chi connectivity index (χ1) is 13.8. The minimum absolute atomic E-state index is 0.0913. The average molecular weight is 423 g/mol. The van der Waals surface area contributed by atoms with Crippen molar-refractivity contribution in [3.05, 3.63) is 54.1 Å². The van der Waals surface area contributed by atoms with E-state index in [0.717, 1.165) is 38.1 Å². The number of hydrogen-bond donors (Lipinski definition) is 2. The molecule has 2 N–H and O–H groups in total. The zero-order chi connectivity index (χ0) is 20.9. The molecule has 0 aliphatic carbocycles. The molecular weight excluding hydrogens is 403 g/mol. The molecule has 5 nitrogen and oxygen atoms in total. The molecule has 0 saturated carbocycles. The van der Waals surface area contributed by atoms with Crippen LogP contribution in [0.4, 0.5) is 24.5 Å². The van der Waals surface area contributed by atoms with Crippen molar-refractivity contribution in [3.8, 4) is 5.75 Å². The van der Waals surface area contributed by atoms with Crippen LogP contribution in [0.3, 0.4) is 0 Å². The number of halogens is 3. The van der Waals surface area contributed by atoms with Gasteiger partial charge < -0.3 is 15.0 Å². The Labute approximate surface area is 171 Å². The molecule has 2 aromatic rings. The van der Waals surface area contributed by atoms with Crippen LogP contribution in [-0.4, -0.2) is 30.7 Å². The molecule has 1 amide bonds. The highest BCUT2D eigenvalue weighted by Crippen LogP contribution is 2.36. The van der Waals surface area contributed by atoms with Gasteiger partial charge in [0.25, 0.3) is 5.91 Å². The molecule has 1 heterocycles. The van der Waals surface area contributed by atoms with E-state index in [2.05, 4.69) is 10.6 Å². The summed E-state index contributed by atoms with van der Waals surface area (Å²) in [4.78, 5) is 14.0. The van der Waals surface area contributed by atoms with E-state index in [0.29, 0.717) is 11.4 Å². The number of amides is 1. The van der Waals surface area contributed by atoms with E-state index in [1.54, 1.807) is 24.3 Å². The predicted octanol–water partition coefficient (Wildman–Crippen LogP) is 4.20. The van der Waals surface area contributed by atoms with Crippen molar-refractivity contribution in [2.24, 2.45) is 0 Å². The number of nitrogens with one attached hydrogen (secondary N) is 2. The van der Waals surface area contributed by atoms with Gasteiger partial charge in [-0.05, 0) is 55.4 Å². The summed E-state index contributed by atoms with van der Waals surface area (Å²) in [5.74, 6) is 0.0109. The number of carbonyl (C=O) groups is 1. The number of thiocarbonyl (C=S) groups is 1. The molecule has 0 bridgehead atoms. The Bertz CT molecular complexity index is 869. The fourth-order valence-corrected chi connectivity index (χ4v) is 3.25. The van der Waals surface area contributed by atoms with Crippen molar-refractivity contribution in [1.29, 1.82) is 0 Å². The summed E-state index contributed by atoms with van der Waals surface area (Å²) in [6.07, 6.45) is -2.54. The number of hydrogen-bond acceptors (Lipinski definition) is 4. The van der Waals surface area contributed by atoms with Crippen LogP contribution in [0.1, 0.15) is 18.4 Å². The van der Waals surface area contributed by atoms with Gasteiger partial charge in [-0.3, -0.25) is 10.1 Å². The molecule has 0 atom stereocenters. The molecule has 3 rings (SSSR count). The third-order valence-electron chi connectivity index (χ3n) is 4.38. The number of benzene rings is 2. The molecule has 0 aromatic heterocycles. The number of anilines is 2. The standard InChI is InChI=1S/C20H20F3N3O2S/c21-20(22,23)14-8-9-17(26-10-4-5-11-26)16(12-14)24-19(29)25-18(27)13-28-15-6-2-1-3-7-15/h1-3,6-9,12H,4-5,10-11,13H2,(H2,24,25,27,29). The van der Waals surface area contributed by atoms with Crippen LogP contribution in [-0.2, 0) is 11.0 Å². The Morgan fingerprint density at radius 3 is 2.45 bits per heavy atom. The van der Waals surface area contributed by atoms with E-state index in [4.69, 9.17) is 17.0 Å². The summed E-state index contributed by atoms with van der Waals surface area (Å²) >= 11 is 5.12. The van der Waals surface area contributed by atoms with Gasteiger partial charge >= 0.3 is 6.18 Å². The number of rotatable bonds is 5. The van der Waals surface area contributed by atoms with E-state index in [-0.39, 0.29) is 17.4 Å². The minimum Gasteiger partial charge on any atom is -0.484 e. The first-order valence-corrected chi connectivity index (χ1v) is 9.48. The van der Waals surface area contributed by atoms with Gasteiger partial charge in [0.2, 0.25) is 0 Å². The van der Waals surface area contributed by atoms with E-state index in [1.807, 2.05) is 11.0 Å². The smallest absolute Gasteiger partial charge is 0.416 e. The number of carbonyl (C=O) groups excluding carboxylic acids is 1. The zero-order valence-electron chi connectivity index (χ0n) is 15.5. The lowest BCUT2D eigenvalue weighted by Crippen LogP contribution is -2.37. The van der Waals surface area contributed by atoms with Gasteiger partial charge in [0.05, 0.1) is 16.9 Å². The van der Waals surface area contributed by atoms with Gasteiger partial charge in [-0.2, -0.15) is 13.2 Å². The Morgan fingerprint density at radius 2 is 1.79 bits per heavy atom. The van der Waals surface area contributed by atoms with E-state index >= 15 is 0 Å². The van der Waals surface area contributed by atoms with Crippen molar-refractivity contribution in [2.75, 3.05) is 29.9 Å². The Hall–Kier alpha value is -2.81. The van der Waals surface area contributed by atoms with Gasteiger partial charge in [0.15, 0.2) is 11.7 Å². The first kappa shape index (κ1) is 20.9. The molecule has 9 heteroatoms. The normalized spacial score (nSPS) is 13.8. The second-order valence-corrected chi connectivity index (χ2v) is 6.94. The summed E-state index contributed by atoms with van der Waals surface area (Å²) < 4.78 is 44.7. The van der Waals surface area contributed by atoms with Gasteiger partial charge in [-0.25, -0.2) is 0 Å². The summed E-state index contributed by atoms with van der Waals surface area (Å²) in [6, 6.07) is 12.3. The largest absolute Gasteiger partial charge is 0.484 e. The quantitative estimate of drug-likeness (QED) is 0.706. The van der Waals surface area contributed by atoms with Gasteiger partial charge in [-0.15, -0.1) is 0 Å². The minimum atomic E-state index is -4.48. The predicted molar refractivity (Wildman–Crippen MR) is 109 cm³/mol. The summed E-state index contributed by atoms with van der Waals surface area (Å²) in [7, 11) is 0. The Morgan fingerprint density at radius 1 is 1.10 bits per heavy atom. The van der Waals surface area contributed by atoms with Gasteiger partial charge in [0, 0.05) is 13.1 Å². The van der Waals surface area contributed by atoms with E-state index in [1.165, 1.54) is 6.07 Å². The Balaban J connectivity index is 1.66. The summed E-state index contributed by atoms with van der Waals surface area (Å²) in [6.45, 7) is 1.24. The average Bonchev–Trinajstić information content (AvgIpc) is 3.21. The van der Waals surface area contributed by atoms with Crippen LogP contribution >= 0.6 is 12.2 Å². The van der Waals surface area contributed by atoms with Crippen molar-refractivity contribution >= 4 is 34.6 Å². The SMILES string of the molecule is O=C(COc1ccccc1)NC(=S)Nc1cc(C(F)(F)F)ccc1N1CCCC1. The van der Waals surface area contributed by atoms with Crippen molar-refractivity contribution in [1.82, 2.24) is 5.32 Å². The fraction of sp³-hybridized carbons (Fsp3) is 0.300. The number of para-hydroxylation sites is 1. The highest BCUT2D eigenvalue weighted by atomic mass is 32.1. The topological polar surface area (TPSA) is 53.6 Å². The summed E-state index contributed by atoms with van der Waals surface area (Å²) in [5, 5.41) is 5.07. The highest BCUT2D eigenvalue weighted by molar-refractivity contribution is 7.80. The molecule has 0 unspecified atom stereocenters. The Kier molecular flexibility index (Phi) is 6.58. The second-order valence-electron chi connectivity index (χ2n) is 6.53. The highest BCUT2D eigenvalue weighted by Gasteiger charge is 2.31. The van der Waals surface area contributed by atoms with Crippen LogP contribution in [0.15, 0.2) is 48.5 Å². The van der Waals surface area contributed by atoms with E-state index in [9.17, 15) is 18.0 Å². The maximum Gasteiger partial charge on any atom is 0.416 e. The third kappa shape index (κ3) is 5.83. The molecule has 0 spiro atoms. The third-order valence-corrected chi connectivity index (χ3v) is 4.59. The molecule has 1 aliphatic heterocycles. The number of ether oxygens (including phenoxy) is 1. The monoisotopic (exact) mass is 423 g/mol. The lowest BCUT2D eigenvalue weighted by Gasteiger charge is -2.23. The summed E-state index contributed by atoms with van der Waals surface area (Å²) in [5.41, 5.74) is 0.0353. The van der Waals surface area contributed by atoms with Crippen LogP contribution in [0.25, 0.3) is 0 Å². The maximum absolute atomic E-state index is 13.1. The fourth-order valence-electron chi connectivity index (χ4n) is 3.03. The van der Waals surface area contributed by atoms with Crippen LogP contribution in [0.5, 0.6) is 5.75 Å². The number of nitrogens with zero attached hydrogens (tertiary/aromatic N) is 1. The van der Waals surface area contributed by atoms with Crippen LogP contribution in [0, 0.1) is 0 Å². The molecule has 154 valence electrons. The number of alkyl halides is 3.